The maximum atomic E-state index is 6.61. The maximum Gasteiger partial charge on any atom is 0.158 e. The largest absolute Gasteiger partial charge is 0.490 e. The third-order valence-electron chi connectivity index (χ3n) is 7.68. The Labute approximate surface area is 214 Å². The molecule has 2 bridgehead atoms. The number of benzene rings is 2. The number of nitrogens with zero attached hydrogens (tertiary/aromatic N) is 5. The zero-order valence-electron chi connectivity index (χ0n) is 20.7. The normalized spacial score (nSPS) is 20.8. The summed E-state index contributed by atoms with van der Waals surface area (Å²) in [6.45, 7) is 2.03. The van der Waals surface area contributed by atoms with Crippen LogP contribution in [0.1, 0.15) is 37.7 Å². The monoisotopic (exact) mass is 492 g/mol. The van der Waals surface area contributed by atoms with Crippen LogP contribution in [0.2, 0.25) is 0 Å². The van der Waals surface area contributed by atoms with Crippen LogP contribution >= 0.6 is 0 Å². The van der Waals surface area contributed by atoms with Crippen LogP contribution < -0.4 is 14.8 Å². The molecule has 3 heterocycles. The first kappa shape index (κ1) is 22.0. The molecule has 2 saturated carbocycles. The van der Waals surface area contributed by atoms with Gasteiger partial charge in [-0.05, 0) is 80.0 Å². The van der Waals surface area contributed by atoms with E-state index in [-0.39, 0.29) is 6.10 Å². The van der Waals surface area contributed by atoms with E-state index in [1.165, 1.54) is 25.6 Å². The third-order valence-corrected chi connectivity index (χ3v) is 7.68. The second-order valence-electron chi connectivity index (χ2n) is 10.3. The molecule has 2 fully saturated rings. The number of anilines is 2. The second kappa shape index (κ2) is 9.03. The maximum absolute atomic E-state index is 6.61. The van der Waals surface area contributed by atoms with Gasteiger partial charge < -0.3 is 14.8 Å². The standard InChI is InChI=1S/C29H28N6O2/c1-18-11-21(7-8-25(18)36-22-9-10-35-27(15-22)31-17-33-35)34-29-28-24(30-16-32-29)3-2-4-26(28)37-23-13-19-5-6-20(12-19)14-23/h2-4,7-11,15-17,19-20,23H,5-6,12-14H2,1H3,(H,30,32,34). The fourth-order valence-electron chi connectivity index (χ4n) is 5.96. The Morgan fingerprint density at radius 1 is 0.892 bits per heavy atom. The average Bonchev–Trinajstić information content (AvgIpc) is 3.51. The molecule has 186 valence electrons. The average molecular weight is 493 g/mol. The molecule has 2 atom stereocenters. The number of rotatable bonds is 6. The van der Waals surface area contributed by atoms with Crippen molar-refractivity contribution in [1.29, 1.82) is 0 Å². The van der Waals surface area contributed by atoms with Crippen molar-refractivity contribution < 1.29 is 9.47 Å². The first-order valence-electron chi connectivity index (χ1n) is 12.9. The molecule has 1 N–H and O–H groups in total. The summed E-state index contributed by atoms with van der Waals surface area (Å²) in [4.78, 5) is 13.3. The Balaban J connectivity index is 1.14. The lowest BCUT2D eigenvalue weighted by molar-refractivity contribution is 0.120. The smallest absolute Gasteiger partial charge is 0.158 e. The van der Waals surface area contributed by atoms with E-state index in [1.807, 2.05) is 55.6 Å². The zero-order valence-corrected chi connectivity index (χ0v) is 20.7. The zero-order chi connectivity index (χ0) is 24.8. The van der Waals surface area contributed by atoms with E-state index in [9.17, 15) is 0 Å². The van der Waals surface area contributed by atoms with Crippen LogP contribution in [0.3, 0.4) is 0 Å². The summed E-state index contributed by atoms with van der Waals surface area (Å²) in [5.74, 6) is 4.71. The van der Waals surface area contributed by atoms with Gasteiger partial charge in [-0.3, -0.25) is 0 Å². The molecule has 3 aromatic heterocycles. The molecule has 8 nitrogen and oxygen atoms in total. The lowest BCUT2D eigenvalue weighted by Gasteiger charge is -2.28. The molecule has 2 aliphatic carbocycles. The number of aromatic nitrogens is 5. The van der Waals surface area contributed by atoms with Crippen molar-refractivity contribution in [2.24, 2.45) is 11.8 Å². The van der Waals surface area contributed by atoms with Crippen LogP contribution in [0.25, 0.3) is 16.6 Å². The van der Waals surface area contributed by atoms with Crippen LogP contribution in [-0.4, -0.2) is 30.7 Å². The van der Waals surface area contributed by atoms with E-state index in [4.69, 9.17) is 9.47 Å². The van der Waals surface area contributed by atoms with Crippen LogP contribution in [0, 0.1) is 18.8 Å². The minimum absolute atomic E-state index is 0.264. The van der Waals surface area contributed by atoms with Crippen molar-refractivity contribution in [2.75, 3.05) is 5.32 Å². The van der Waals surface area contributed by atoms with E-state index in [2.05, 4.69) is 31.4 Å². The van der Waals surface area contributed by atoms with Crippen LogP contribution in [0.15, 0.2) is 67.4 Å². The highest BCUT2D eigenvalue weighted by Gasteiger charge is 2.35. The van der Waals surface area contributed by atoms with Crippen LogP contribution in [-0.2, 0) is 0 Å². The topological polar surface area (TPSA) is 86.5 Å². The van der Waals surface area contributed by atoms with Crippen molar-refractivity contribution in [3.63, 3.8) is 0 Å². The van der Waals surface area contributed by atoms with Gasteiger partial charge >= 0.3 is 0 Å². The molecular weight excluding hydrogens is 464 g/mol. The van der Waals surface area contributed by atoms with Crippen molar-refractivity contribution in [3.8, 4) is 17.2 Å². The molecule has 2 aromatic carbocycles. The molecule has 0 spiro atoms. The molecule has 37 heavy (non-hydrogen) atoms. The molecule has 5 aromatic rings. The fraction of sp³-hybridized carbons (Fsp3) is 0.310. The molecule has 0 saturated heterocycles. The van der Waals surface area contributed by atoms with Crippen LogP contribution in [0.4, 0.5) is 11.5 Å². The summed E-state index contributed by atoms with van der Waals surface area (Å²) in [6.07, 6.45) is 11.6. The molecule has 8 heteroatoms. The highest BCUT2D eigenvalue weighted by Crippen LogP contribution is 2.44. The van der Waals surface area contributed by atoms with Gasteiger partial charge in [0.2, 0.25) is 0 Å². The first-order chi connectivity index (χ1) is 18.2. The number of nitrogens with one attached hydrogen (secondary N) is 1. The van der Waals surface area contributed by atoms with Gasteiger partial charge in [-0.2, -0.15) is 5.10 Å². The minimum atomic E-state index is 0.264. The lowest BCUT2D eigenvalue weighted by atomic mass is 9.87. The SMILES string of the molecule is Cc1cc(Nc2ncnc3cccc(OC4CC5CCC(C5)C4)c23)ccc1Oc1ccn2ncnc2c1. The third kappa shape index (κ3) is 4.33. The summed E-state index contributed by atoms with van der Waals surface area (Å²) in [5.41, 5.74) is 3.53. The Hall–Kier alpha value is -4.20. The molecule has 0 amide bonds. The van der Waals surface area contributed by atoms with Crippen molar-refractivity contribution in [2.45, 2.75) is 45.1 Å². The van der Waals surface area contributed by atoms with E-state index in [0.29, 0.717) is 5.75 Å². The van der Waals surface area contributed by atoms with Crippen LogP contribution in [0.5, 0.6) is 17.2 Å². The van der Waals surface area contributed by atoms with Gasteiger partial charge in [0.15, 0.2) is 5.65 Å². The van der Waals surface area contributed by atoms with Crippen molar-refractivity contribution >= 4 is 28.1 Å². The molecule has 2 aliphatic rings. The molecular formula is C29H28N6O2. The number of hydrogen-bond acceptors (Lipinski definition) is 7. The summed E-state index contributed by atoms with van der Waals surface area (Å²) < 4.78 is 14.4. The molecule has 0 aliphatic heterocycles. The number of pyridine rings is 1. The van der Waals surface area contributed by atoms with Crippen molar-refractivity contribution in [3.05, 3.63) is 72.9 Å². The van der Waals surface area contributed by atoms with Gasteiger partial charge in [-0.25, -0.2) is 19.5 Å². The molecule has 7 rings (SSSR count). The number of ether oxygens (including phenoxy) is 2. The van der Waals surface area contributed by atoms with Gasteiger partial charge in [-0.15, -0.1) is 0 Å². The van der Waals surface area contributed by atoms with E-state index < -0.39 is 0 Å². The van der Waals surface area contributed by atoms with Crippen molar-refractivity contribution in [1.82, 2.24) is 24.6 Å². The summed E-state index contributed by atoms with van der Waals surface area (Å²) in [6, 6.07) is 15.8. The van der Waals surface area contributed by atoms with Gasteiger partial charge in [-0.1, -0.05) is 18.9 Å². The summed E-state index contributed by atoms with van der Waals surface area (Å²) in [5, 5.41) is 8.55. The van der Waals surface area contributed by atoms with E-state index in [0.717, 1.165) is 69.8 Å². The molecule has 2 unspecified atom stereocenters. The fourth-order valence-corrected chi connectivity index (χ4v) is 5.96. The lowest BCUT2D eigenvalue weighted by Crippen LogP contribution is -2.26. The summed E-state index contributed by atoms with van der Waals surface area (Å²) in [7, 11) is 0. The summed E-state index contributed by atoms with van der Waals surface area (Å²) >= 11 is 0. The predicted octanol–water partition coefficient (Wildman–Crippen LogP) is 6.47. The first-order valence-corrected chi connectivity index (χ1v) is 12.9. The Morgan fingerprint density at radius 2 is 1.78 bits per heavy atom. The number of aryl methyl sites for hydroxylation is 1. The second-order valence-corrected chi connectivity index (χ2v) is 10.3. The number of hydrogen-bond donors (Lipinski definition) is 1. The Bertz CT molecular complexity index is 1580. The molecule has 0 radical (unpaired) electrons. The van der Waals surface area contributed by atoms with E-state index in [1.54, 1.807) is 10.8 Å². The quantitative estimate of drug-likeness (QED) is 0.290. The predicted molar refractivity (Wildman–Crippen MR) is 142 cm³/mol. The van der Waals surface area contributed by atoms with Gasteiger partial charge in [0, 0.05) is 18.0 Å². The Morgan fingerprint density at radius 3 is 2.65 bits per heavy atom. The highest BCUT2D eigenvalue weighted by atomic mass is 16.5. The minimum Gasteiger partial charge on any atom is -0.490 e. The van der Waals surface area contributed by atoms with Gasteiger partial charge in [0.05, 0.1) is 17.0 Å². The van der Waals surface area contributed by atoms with E-state index >= 15 is 0 Å². The van der Waals surface area contributed by atoms with Gasteiger partial charge in [0.25, 0.3) is 0 Å². The highest BCUT2D eigenvalue weighted by molar-refractivity contribution is 5.95. The number of fused-ring (bicyclic) bond motifs is 4. The van der Waals surface area contributed by atoms with Gasteiger partial charge in [0.1, 0.15) is 35.7 Å². The Kier molecular flexibility index (Phi) is 5.38.